The Labute approximate surface area is 117 Å². The molecule has 2 heterocycles. The smallest absolute Gasteiger partial charge is 0.289 e. The molecule has 20 heavy (non-hydrogen) atoms. The Kier molecular flexibility index (Phi) is 3.05. The summed E-state index contributed by atoms with van der Waals surface area (Å²) in [5.74, 6) is 0.159. The highest BCUT2D eigenvalue weighted by Gasteiger charge is 2.33. The molecule has 106 valence electrons. The molecule has 1 saturated heterocycles. The Morgan fingerprint density at radius 1 is 1.35 bits per heavy atom. The number of rotatable bonds is 2. The Morgan fingerprint density at radius 3 is 2.75 bits per heavy atom. The molecule has 0 bridgehead atoms. The zero-order valence-electron chi connectivity index (χ0n) is 11.1. The lowest BCUT2D eigenvalue weighted by molar-refractivity contribution is 0.0718. The van der Waals surface area contributed by atoms with Crippen molar-refractivity contribution in [2.45, 2.75) is 12.5 Å². The summed E-state index contributed by atoms with van der Waals surface area (Å²) in [4.78, 5) is 13.8. The molecule has 3 rings (SSSR count). The fraction of sp³-hybridized carbons (Fsp3) is 0.357. The predicted molar refractivity (Wildman–Crippen MR) is 75.4 cm³/mol. The molecule has 1 aliphatic rings. The van der Waals surface area contributed by atoms with Crippen LogP contribution in [-0.2, 0) is 9.84 Å². The van der Waals surface area contributed by atoms with Crippen LogP contribution >= 0.6 is 0 Å². The maximum absolute atomic E-state index is 12.3. The van der Waals surface area contributed by atoms with Gasteiger partial charge in [-0.25, -0.2) is 8.42 Å². The number of carbonyl (C=O) groups excluding carboxylic acids is 1. The van der Waals surface area contributed by atoms with Gasteiger partial charge in [-0.3, -0.25) is 4.79 Å². The van der Waals surface area contributed by atoms with Crippen molar-refractivity contribution in [3.05, 3.63) is 36.1 Å². The highest BCUT2D eigenvalue weighted by atomic mass is 32.2. The molecule has 0 aliphatic carbocycles. The van der Waals surface area contributed by atoms with Crippen molar-refractivity contribution < 1.29 is 17.6 Å². The quantitative estimate of drug-likeness (QED) is 0.845. The second-order valence-corrected chi connectivity index (χ2v) is 7.35. The van der Waals surface area contributed by atoms with Crippen LogP contribution in [0.5, 0.6) is 0 Å². The minimum Gasteiger partial charge on any atom is -0.451 e. The van der Waals surface area contributed by atoms with Crippen LogP contribution in [0.25, 0.3) is 11.0 Å². The van der Waals surface area contributed by atoms with E-state index in [2.05, 4.69) is 0 Å². The maximum Gasteiger partial charge on any atom is 0.289 e. The van der Waals surface area contributed by atoms with Crippen molar-refractivity contribution in [3.63, 3.8) is 0 Å². The monoisotopic (exact) mass is 293 g/mol. The van der Waals surface area contributed by atoms with Gasteiger partial charge in [0.05, 0.1) is 11.5 Å². The van der Waals surface area contributed by atoms with Crippen LogP contribution in [0.15, 0.2) is 34.7 Å². The standard InChI is InChI=1S/C14H15NO4S/c1-15(11-6-7-20(17,18)9-11)14(16)13-8-10-4-2-3-5-12(10)19-13/h2-5,8,11H,6-7,9H2,1H3/t11-/m1/s1. The zero-order valence-corrected chi connectivity index (χ0v) is 11.9. The van der Waals surface area contributed by atoms with Crippen LogP contribution in [0.2, 0.25) is 0 Å². The molecular formula is C14H15NO4S. The topological polar surface area (TPSA) is 67.6 Å². The third-order valence-electron chi connectivity index (χ3n) is 3.71. The van der Waals surface area contributed by atoms with Crippen molar-refractivity contribution in [2.24, 2.45) is 0 Å². The molecule has 0 saturated carbocycles. The number of fused-ring (bicyclic) bond motifs is 1. The van der Waals surface area contributed by atoms with Crippen molar-refractivity contribution in [3.8, 4) is 0 Å². The van der Waals surface area contributed by atoms with E-state index in [0.717, 1.165) is 5.39 Å². The van der Waals surface area contributed by atoms with Crippen LogP contribution < -0.4 is 0 Å². The van der Waals surface area contributed by atoms with E-state index < -0.39 is 9.84 Å². The molecule has 1 fully saturated rings. The van der Waals surface area contributed by atoms with Gasteiger partial charge >= 0.3 is 0 Å². The molecule has 1 amide bonds. The third kappa shape index (κ3) is 2.31. The lowest BCUT2D eigenvalue weighted by atomic mass is 10.2. The Bertz CT molecular complexity index is 729. The van der Waals surface area contributed by atoms with E-state index >= 15 is 0 Å². The van der Waals surface area contributed by atoms with Crippen molar-refractivity contribution >= 4 is 26.7 Å². The number of sulfone groups is 1. The van der Waals surface area contributed by atoms with E-state index in [1.165, 1.54) is 4.90 Å². The molecule has 1 atom stereocenters. The number of furan rings is 1. The molecule has 6 heteroatoms. The van der Waals surface area contributed by atoms with Gasteiger partial charge in [0.25, 0.3) is 5.91 Å². The molecule has 1 aliphatic heterocycles. The Morgan fingerprint density at radius 2 is 2.10 bits per heavy atom. The van der Waals surface area contributed by atoms with Gasteiger partial charge in [-0.05, 0) is 18.6 Å². The number of hydrogen-bond acceptors (Lipinski definition) is 4. The molecule has 0 N–H and O–H groups in total. The van der Waals surface area contributed by atoms with Crippen LogP contribution in [0.1, 0.15) is 17.0 Å². The fourth-order valence-corrected chi connectivity index (χ4v) is 4.28. The number of benzene rings is 1. The lowest BCUT2D eigenvalue weighted by Gasteiger charge is -2.22. The highest BCUT2D eigenvalue weighted by molar-refractivity contribution is 7.91. The van der Waals surface area contributed by atoms with Gasteiger partial charge in [-0.1, -0.05) is 18.2 Å². The van der Waals surface area contributed by atoms with Gasteiger partial charge in [-0.2, -0.15) is 0 Å². The average molecular weight is 293 g/mol. The maximum atomic E-state index is 12.3. The first-order chi connectivity index (χ1) is 9.46. The summed E-state index contributed by atoms with van der Waals surface area (Å²) in [7, 11) is -1.38. The van der Waals surface area contributed by atoms with Gasteiger partial charge in [0.15, 0.2) is 15.6 Å². The van der Waals surface area contributed by atoms with Gasteiger partial charge in [0.1, 0.15) is 5.58 Å². The van der Waals surface area contributed by atoms with Crippen molar-refractivity contribution in [1.82, 2.24) is 4.90 Å². The molecule has 0 spiro atoms. The minimum absolute atomic E-state index is 0.0372. The molecule has 0 radical (unpaired) electrons. The Hall–Kier alpha value is -1.82. The number of para-hydroxylation sites is 1. The first kappa shape index (κ1) is 13.2. The first-order valence-electron chi connectivity index (χ1n) is 6.42. The summed E-state index contributed by atoms with van der Waals surface area (Å²) in [6.07, 6.45) is 0.491. The minimum atomic E-state index is -3.01. The summed E-state index contributed by atoms with van der Waals surface area (Å²) in [5.41, 5.74) is 0.656. The lowest BCUT2D eigenvalue weighted by Crippen LogP contribution is -2.37. The SMILES string of the molecule is CN(C(=O)c1cc2ccccc2o1)[C@@H]1CCS(=O)(=O)C1. The van der Waals surface area contributed by atoms with Crippen molar-refractivity contribution in [1.29, 1.82) is 0 Å². The molecule has 5 nitrogen and oxygen atoms in total. The van der Waals surface area contributed by atoms with E-state index in [0.29, 0.717) is 12.0 Å². The number of hydrogen-bond donors (Lipinski definition) is 0. The van der Waals surface area contributed by atoms with E-state index in [-0.39, 0.29) is 29.2 Å². The average Bonchev–Trinajstić information content (AvgIpc) is 3.00. The van der Waals surface area contributed by atoms with E-state index in [1.807, 2.05) is 18.2 Å². The zero-order chi connectivity index (χ0) is 14.3. The predicted octanol–water partition coefficient (Wildman–Crippen LogP) is 1.69. The second-order valence-electron chi connectivity index (χ2n) is 5.12. The van der Waals surface area contributed by atoms with E-state index in [9.17, 15) is 13.2 Å². The molecule has 2 aromatic rings. The normalized spacial score (nSPS) is 21.1. The molecule has 1 aromatic carbocycles. The van der Waals surface area contributed by atoms with Gasteiger partial charge in [-0.15, -0.1) is 0 Å². The number of amides is 1. The van der Waals surface area contributed by atoms with E-state index in [1.54, 1.807) is 19.2 Å². The van der Waals surface area contributed by atoms with Crippen molar-refractivity contribution in [2.75, 3.05) is 18.6 Å². The van der Waals surface area contributed by atoms with Gasteiger partial charge in [0.2, 0.25) is 0 Å². The summed E-state index contributed by atoms with van der Waals surface area (Å²) < 4.78 is 28.5. The van der Waals surface area contributed by atoms with E-state index in [4.69, 9.17) is 4.42 Å². The summed E-state index contributed by atoms with van der Waals surface area (Å²) in [6.45, 7) is 0. The number of carbonyl (C=O) groups is 1. The molecule has 0 unspecified atom stereocenters. The molecule has 1 aromatic heterocycles. The number of nitrogens with zero attached hydrogens (tertiary/aromatic N) is 1. The highest BCUT2D eigenvalue weighted by Crippen LogP contribution is 2.22. The van der Waals surface area contributed by atoms with Crippen LogP contribution in [0.4, 0.5) is 0 Å². The van der Waals surface area contributed by atoms with Crippen LogP contribution in [-0.4, -0.2) is 43.8 Å². The summed E-state index contributed by atoms with van der Waals surface area (Å²) >= 11 is 0. The van der Waals surface area contributed by atoms with Crippen LogP contribution in [0.3, 0.4) is 0 Å². The largest absolute Gasteiger partial charge is 0.451 e. The second kappa shape index (κ2) is 4.63. The third-order valence-corrected chi connectivity index (χ3v) is 5.46. The van der Waals surface area contributed by atoms with Gasteiger partial charge in [0, 0.05) is 18.5 Å². The van der Waals surface area contributed by atoms with Gasteiger partial charge < -0.3 is 9.32 Å². The summed E-state index contributed by atoms with van der Waals surface area (Å²) in [5, 5.41) is 0.864. The molecular weight excluding hydrogens is 278 g/mol. The fourth-order valence-electron chi connectivity index (χ4n) is 2.51. The Balaban J connectivity index is 1.85. The van der Waals surface area contributed by atoms with Crippen LogP contribution in [0, 0.1) is 0 Å². The first-order valence-corrected chi connectivity index (χ1v) is 8.24. The summed E-state index contributed by atoms with van der Waals surface area (Å²) in [6, 6.07) is 8.81.